The minimum atomic E-state index is 0.301. The number of hydrogen-bond donors (Lipinski definition) is 1. The Labute approximate surface area is 119 Å². The number of benzene rings is 2. The molecular weight excluding hydrogens is 258 g/mol. The first kappa shape index (κ1) is 13.9. The fourth-order valence-corrected chi connectivity index (χ4v) is 1.95. The fraction of sp³-hybridized carbons (Fsp3) is 0.250. The van der Waals surface area contributed by atoms with Crippen LogP contribution in [0.25, 0.3) is 0 Å². The standard InChI is InChI=1S/C16H18ClNO/c1-11-9-15(7-8-16(11)17)19-14-6-4-5-13(10-14)12(2)18-3/h4-10,12,18H,1-3H3. The lowest BCUT2D eigenvalue weighted by atomic mass is 10.1. The minimum Gasteiger partial charge on any atom is -0.457 e. The molecule has 0 amide bonds. The number of aryl methyl sites for hydroxylation is 1. The van der Waals surface area contributed by atoms with Crippen LogP contribution in [0.2, 0.25) is 5.02 Å². The molecule has 0 saturated carbocycles. The van der Waals surface area contributed by atoms with E-state index in [0.717, 1.165) is 22.1 Å². The summed E-state index contributed by atoms with van der Waals surface area (Å²) in [7, 11) is 1.95. The van der Waals surface area contributed by atoms with Gasteiger partial charge in [0.1, 0.15) is 11.5 Å². The Morgan fingerprint density at radius 1 is 1.11 bits per heavy atom. The highest BCUT2D eigenvalue weighted by molar-refractivity contribution is 6.31. The average molecular weight is 276 g/mol. The van der Waals surface area contributed by atoms with Crippen LogP contribution in [0.1, 0.15) is 24.1 Å². The van der Waals surface area contributed by atoms with Crippen molar-refractivity contribution >= 4 is 11.6 Å². The van der Waals surface area contributed by atoms with Crippen LogP contribution in [0.15, 0.2) is 42.5 Å². The van der Waals surface area contributed by atoms with Crippen molar-refractivity contribution in [2.24, 2.45) is 0 Å². The summed E-state index contributed by atoms with van der Waals surface area (Å²) in [5.41, 5.74) is 2.21. The Hall–Kier alpha value is -1.51. The molecule has 0 fully saturated rings. The highest BCUT2D eigenvalue weighted by Crippen LogP contribution is 2.27. The summed E-state index contributed by atoms with van der Waals surface area (Å²) in [6.07, 6.45) is 0. The van der Waals surface area contributed by atoms with Gasteiger partial charge in [-0.15, -0.1) is 0 Å². The molecule has 2 aromatic carbocycles. The molecule has 0 bridgehead atoms. The van der Waals surface area contributed by atoms with Crippen LogP contribution >= 0.6 is 11.6 Å². The molecule has 1 N–H and O–H groups in total. The number of hydrogen-bond acceptors (Lipinski definition) is 2. The Balaban J connectivity index is 2.20. The summed E-state index contributed by atoms with van der Waals surface area (Å²) in [4.78, 5) is 0. The normalized spacial score (nSPS) is 12.2. The van der Waals surface area contributed by atoms with E-state index in [4.69, 9.17) is 16.3 Å². The molecule has 2 nitrogen and oxygen atoms in total. The van der Waals surface area contributed by atoms with Crippen molar-refractivity contribution in [1.82, 2.24) is 5.32 Å². The first-order chi connectivity index (χ1) is 9.10. The van der Waals surface area contributed by atoms with Crippen molar-refractivity contribution in [2.45, 2.75) is 19.9 Å². The average Bonchev–Trinajstić information content (AvgIpc) is 2.42. The van der Waals surface area contributed by atoms with Crippen molar-refractivity contribution < 1.29 is 4.74 Å². The second-order valence-electron chi connectivity index (χ2n) is 4.60. The maximum atomic E-state index is 6.01. The summed E-state index contributed by atoms with van der Waals surface area (Å²) in [6, 6.07) is 14.1. The van der Waals surface area contributed by atoms with Crippen LogP contribution in [0, 0.1) is 6.92 Å². The van der Waals surface area contributed by atoms with Crippen molar-refractivity contribution in [3.8, 4) is 11.5 Å². The lowest BCUT2D eigenvalue weighted by Gasteiger charge is -2.13. The first-order valence-electron chi connectivity index (χ1n) is 6.31. The number of halogens is 1. The molecule has 0 aliphatic heterocycles. The van der Waals surface area contributed by atoms with Gasteiger partial charge in [-0.05, 0) is 62.4 Å². The van der Waals surface area contributed by atoms with E-state index in [-0.39, 0.29) is 0 Å². The molecule has 0 radical (unpaired) electrons. The van der Waals surface area contributed by atoms with Crippen molar-refractivity contribution in [3.05, 3.63) is 58.6 Å². The van der Waals surface area contributed by atoms with Crippen LogP contribution in [0.4, 0.5) is 0 Å². The molecule has 1 atom stereocenters. The van der Waals surface area contributed by atoms with Crippen LogP contribution in [-0.4, -0.2) is 7.05 Å². The highest BCUT2D eigenvalue weighted by atomic mass is 35.5. The molecule has 19 heavy (non-hydrogen) atoms. The molecule has 0 aliphatic carbocycles. The van der Waals surface area contributed by atoms with E-state index in [9.17, 15) is 0 Å². The molecule has 0 heterocycles. The van der Waals surface area contributed by atoms with E-state index in [1.54, 1.807) is 0 Å². The van der Waals surface area contributed by atoms with Gasteiger partial charge in [-0.3, -0.25) is 0 Å². The number of nitrogens with one attached hydrogen (secondary N) is 1. The van der Waals surface area contributed by atoms with Crippen LogP contribution in [-0.2, 0) is 0 Å². The monoisotopic (exact) mass is 275 g/mol. The SMILES string of the molecule is CNC(C)c1cccc(Oc2ccc(Cl)c(C)c2)c1. The van der Waals surface area contributed by atoms with Gasteiger partial charge >= 0.3 is 0 Å². The van der Waals surface area contributed by atoms with Crippen molar-refractivity contribution in [3.63, 3.8) is 0 Å². The highest BCUT2D eigenvalue weighted by Gasteiger charge is 2.05. The zero-order chi connectivity index (χ0) is 13.8. The predicted octanol–water partition coefficient (Wildman–Crippen LogP) is 4.72. The molecule has 2 aromatic rings. The van der Waals surface area contributed by atoms with E-state index in [0.29, 0.717) is 6.04 Å². The first-order valence-corrected chi connectivity index (χ1v) is 6.69. The molecule has 2 rings (SSSR count). The van der Waals surface area contributed by atoms with Gasteiger partial charge in [-0.25, -0.2) is 0 Å². The number of ether oxygens (including phenoxy) is 1. The third kappa shape index (κ3) is 3.49. The van der Waals surface area contributed by atoms with E-state index in [2.05, 4.69) is 18.3 Å². The van der Waals surface area contributed by atoms with Gasteiger partial charge in [0.25, 0.3) is 0 Å². The Morgan fingerprint density at radius 3 is 2.53 bits per heavy atom. The summed E-state index contributed by atoms with van der Waals surface area (Å²) in [5.74, 6) is 1.64. The Kier molecular flexibility index (Phi) is 4.46. The molecular formula is C16H18ClNO. The van der Waals surface area contributed by atoms with E-state index >= 15 is 0 Å². The van der Waals surface area contributed by atoms with Crippen LogP contribution in [0.5, 0.6) is 11.5 Å². The zero-order valence-electron chi connectivity index (χ0n) is 11.4. The number of rotatable bonds is 4. The quantitative estimate of drug-likeness (QED) is 0.872. The van der Waals surface area contributed by atoms with Crippen molar-refractivity contribution in [2.75, 3.05) is 7.05 Å². The molecule has 0 aromatic heterocycles. The third-order valence-electron chi connectivity index (χ3n) is 3.16. The molecule has 0 saturated heterocycles. The van der Waals surface area contributed by atoms with Gasteiger partial charge < -0.3 is 10.1 Å². The molecule has 0 spiro atoms. The molecule has 1 unspecified atom stereocenters. The minimum absolute atomic E-state index is 0.301. The van der Waals surface area contributed by atoms with Gasteiger partial charge in [-0.2, -0.15) is 0 Å². The third-order valence-corrected chi connectivity index (χ3v) is 3.58. The van der Waals surface area contributed by atoms with Gasteiger partial charge in [0, 0.05) is 11.1 Å². The molecule has 3 heteroatoms. The summed E-state index contributed by atoms with van der Waals surface area (Å²) >= 11 is 6.01. The topological polar surface area (TPSA) is 21.3 Å². The Bertz CT molecular complexity index is 568. The molecule has 100 valence electrons. The van der Waals surface area contributed by atoms with E-state index in [1.165, 1.54) is 5.56 Å². The van der Waals surface area contributed by atoms with Gasteiger partial charge in [0.15, 0.2) is 0 Å². The van der Waals surface area contributed by atoms with E-state index < -0.39 is 0 Å². The second-order valence-corrected chi connectivity index (χ2v) is 5.00. The summed E-state index contributed by atoms with van der Waals surface area (Å²) < 4.78 is 5.86. The van der Waals surface area contributed by atoms with Crippen LogP contribution < -0.4 is 10.1 Å². The van der Waals surface area contributed by atoms with Gasteiger partial charge in [0.2, 0.25) is 0 Å². The molecule has 0 aliphatic rings. The fourth-order valence-electron chi connectivity index (χ4n) is 1.83. The van der Waals surface area contributed by atoms with E-state index in [1.807, 2.05) is 50.4 Å². The maximum absolute atomic E-state index is 6.01. The predicted molar refractivity (Wildman–Crippen MR) is 80.2 cm³/mol. The maximum Gasteiger partial charge on any atom is 0.127 e. The van der Waals surface area contributed by atoms with Gasteiger partial charge in [-0.1, -0.05) is 23.7 Å². The smallest absolute Gasteiger partial charge is 0.127 e. The van der Waals surface area contributed by atoms with Crippen molar-refractivity contribution in [1.29, 1.82) is 0 Å². The van der Waals surface area contributed by atoms with Gasteiger partial charge in [0.05, 0.1) is 0 Å². The lowest BCUT2D eigenvalue weighted by Crippen LogP contribution is -2.11. The summed E-state index contributed by atoms with van der Waals surface area (Å²) in [6.45, 7) is 4.08. The zero-order valence-corrected chi connectivity index (χ0v) is 12.2. The summed E-state index contributed by atoms with van der Waals surface area (Å²) in [5, 5.41) is 3.97. The van der Waals surface area contributed by atoms with Crippen LogP contribution in [0.3, 0.4) is 0 Å². The largest absolute Gasteiger partial charge is 0.457 e. The lowest BCUT2D eigenvalue weighted by molar-refractivity contribution is 0.480. The Morgan fingerprint density at radius 2 is 1.84 bits per heavy atom. The second kappa shape index (κ2) is 6.09.